The Kier molecular flexibility index (Phi) is 4.66. The summed E-state index contributed by atoms with van der Waals surface area (Å²) >= 11 is 0. The molecule has 1 N–H and O–H groups in total. The standard InChI is InChI=1S/C21H23NO3/c23-19-11-12-22-18(13-19)14-20-15-24-21(25-20,16-7-3-1-4-8-16)17-9-5-2-6-10-17/h1-10,18,20,22H,11-15H2/t18-,20-/m0/s1. The van der Waals surface area contributed by atoms with Gasteiger partial charge in [-0.25, -0.2) is 0 Å². The summed E-state index contributed by atoms with van der Waals surface area (Å²) < 4.78 is 12.7. The molecule has 2 aliphatic heterocycles. The van der Waals surface area contributed by atoms with E-state index < -0.39 is 5.79 Å². The van der Waals surface area contributed by atoms with E-state index in [9.17, 15) is 4.79 Å². The SMILES string of the molecule is O=C1CCN[C@H](C[C@H]2COC(c3ccccc3)(c3ccccc3)O2)C1. The number of hydrogen-bond acceptors (Lipinski definition) is 4. The third kappa shape index (κ3) is 3.38. The second kappa shape index (κ2) is 7.08. The number of nitrogens with one attached hydrogen (secondary N) is 1. The number of piperidine rings is 1. The molecule has 0 saturated carbocycles. The Balaban J connectivity index is 1.58. The molecule has 0 aliphatic carbocycles. The van der Waals surface area contributed by atoms with Gasteiger partial charge in [0.2, 0.25) is 5.79 Å². The monoisotopic (exact) mass is 337 g/mol. The second-order valence-electron chi connectivity index (χ2n) is 6.78. The van der Waals surface area contributed by atoms with Crippen LogP contribution in [0.25, 0.3) is 0 Å². The highest BCUT2D eigenvalue weighted by molar-refractivity contribution is 5.79. The van der Waals surface area contributed by atoms with Crippen LogP contribution in [-0.2, 0) is 20.1 Å². The lowest BCUT2D eigenvalue weighted by molar-refractivity contribution is -0.144. The van der Waals surface area contributed by atoms with Crippen molar-refractivity contribution in [1.29, 1.82) is 0 Å². The predicted molar refractivity (Wildman–Crippen MR) is 95.1 cm³/mol. The molecule has 4 heteroatoms. The highest BCUT2D eigenvalue weighted by Crippen LogP contribution is 2.41. The van der Waals surface area contributed by atoms with Gasteiger partial charge in [0.05, 0.1) is 12.7 Å². The van der Waals surface area contributed by atoms with Gasteiger partial charge in [0.25, 0.3) is 0 Å². The van der Waals surface area contributed by atoms with Gasteiger partial charge in [0.15, 0.2) is 0 Å². The zero-order chi connectivity index (χ0) is 17.1. The van der Waals surface area contributed by atoms with E-state index in [1.807, 2.05) is 60.7 Å². The van der Waals surface area contributed by atoms with Crippen LogP contribution in [0.15, 0.2) is 60.7 Å². The molecule has 0 spiro atoms. The van der Waals surface area contributed by atoms with Crippen LogP contribution in [0.5, 0.6) is 0 Å². The first-order chi connectivity index (χ1) is 12.3. The van der Waals surface area contributed by atoms with Crippen LogP contribution in [0.3, 0.4) is 0 Å². The molecule has 0 radical (unpaired) electrons. The Bertz CT molecular complexity index is 677. The van der Waals surface area contributed by atoms with Crippen LogP contribution in [0.4, 0.5) is 0 Å². The van der Waals surface area contributed by atoms with E-state index in [0.717, 1.165) is 24.1 Å². The van der Waals surface area contributed by atoms with Gasteiger partial charge in [-0.05, 0) is 6.42 Å². The summed E-state index contributed by atoms with van der Waals surface area (Å²) in [6.07, 6.45) is 1.97. The van der Waals surface area contributed by atoms with Gasteiger partial charge in [0.1, 0.15) is 5.78 Å². The second-order valence-corrected chi connectivity index (χ2v) is 6.78. The van der Waals surface area contributed by atoms with Crippen molar-refractivity contribution in [2.24, 2.45) is 0 Å². The van der Waals surface area contributed by atoms with Crippen molar-refractivity contribution in [3.8, 4) is 0 Å². The van der Waals surface area contributed by atoms with Crippen LogP contribution < -0.4 is 5.32 Å². The van der Waals surface area contributed by atoms with Gasteiger partial charge in [-0.3, -0.25) is 4.79 Å². The highest BCUT2D eigenvalue weighted by atomic mass is 16.7. The van der Waals surface area contributed by atoms with E-state index in [1.54, 1.807) is 0 Å². The highest BCUT2D eigenvalue weighted by Gasteiger charge is 2.45. The summed E-state index contributed by atoms with van der Waals surface area (Å²) in [6.45, 7) is 1.29. The molecule has 0 bridgehead atoms. The van der Waals surface area contributed by atoms with Gasteiger partial charge in [-0.15, -0.1) is 0 Å². The average molecular weight is 337 g/mol. The molecule has 2 aromatic carbocycles. The topological polar surface area (TPSA) is 47.6 Å². The fraction of sp³-hybridized carbons (Fsp3) is 0.381. The molecule has 2 aromatic rings. The molecule has 4 rings (SSSR count). The van der Waals surface area contributed by atoms with Crippen molar-refractivity contribution in [2.45, 2.75) is 37.2 Å². The first-order valence-electron chi connectivity index (χ1n) is 8.94. The Morgan fingerprint density at radius 1 is 1.00 bits per heavy atom. The van der Waals surface area contributed by atoms with Crippen LogP contribution in [-0.4, -0.2) is 31.1 Å². The number of hydrogen-bond donors (Lipinski definition) is 1. The van der Waals surface area contributed by atoms with Gasteiger partial charge in [-0.2, -0.15) is 0 Å². The van der Waals surface area contributed by atoms with E-state index in [2.05, 4.69) is 5.32 Å². The Morgan fingerprint density at radius 2 is 1.64 bits per heavy atom. The zero-order valence-electron chi connectivity index (χ0n) is 14.2. The first kappa shape index (κ1) is 16.5. The molecule has 4 nitrogen and oxygen atoms in total. The summed E-state index contributed by atoms with van der Waals surface area (Å²) in [4.78, 5) is 11.7. The molecular weight excluding hydrogens is 314 g/mol. The number of carbonyl (C=O) groups excluding carboxylic acids is 1. The summed E-state index contributed by atoms with van der Waals surface area (Å²) in [5.41, 5.74) is 1.99. The third-order valence-corrected chi connectivity index (χ3v) is 4.97. The zero-order valence-corrected chi connectivity index (χ0v) is 14.2. The average Bonchev–Trinajstić information content (AvgIpc) is 3.08. The molecule has 2 atom stereocenters. The third-order valence-electron chi connectivity index (χ3n) is 4.97. The molecule has 25 heavy (non-hydrogen) atoms. The van der Waals surface area contributed by atoms with E-state index in [1.165, 1.54) is 0 Å². The van der Waals surface area contributed by atoms with Crippen LogP contribution in [0.1, 0.15) is 30.4 Å². The normalized spacial score (nSPS) is 25.8. The molecule has 2 fully saturated rings. The van der Waals surface area contributed by atoms with Crippen molar-refractivity contribution >= 4 is 5.78 Å². The maximum absolute atomic E-state index is 11.7. The van der Waals surface area contributed by atoms with E-state index in [-0.39, 0.29) is 12.1 Å². The number of carbonyl (C=O) groups is 1. The molecule has 0 aromatic heterocycles. The summed E-state index contributed by atoms with van der Waals surface area (Å²) in [5.74, 6) is -0.536. The van der Waals surface area contributed by atoms with Crippen molar-refractivity contribution < 1.29 is 14.3 Å². The van der Waals surface area contributed by atoms with Gasteiger partial charge >= 0.3 is 0 Å². The van der Waals surface area contributed by atoms with E-state index in [4.69, 9.17) is 9.47 Å². The minimum atomic E-state index is -0.869. The molecule has 0 amide bonds. The number of rotatable bonds is 4. The molecule has 0 unspecified atom stereocenters. The molecule has 130 valence electrons. The van der Waals surface area contributed by atoms with Gasteiger partial charge in [-0.1, -0.05) is 60.7 Å². The van der Waals surface area contributed by atoms with Gasteiger partial charge in [0, 0.05) is 36.6 Å². The van der Waals surface area contributed by atoms with Crippen LogP contribution >= 0.6 is 0 Å². The quantitative estimate of drug-likeness (QED) is 0.932. The van der Waals surface area contributed by atoms with Crippen LogP contribution in [0.2, 0.25) is 0 Å². The minimum absolute atomic E-state index is 0.0381. The Hall–Kier alpha value is -2.01. The molecule has 2 aliphatic rings. The lowest BCUT2D eigenvalue weighted by Gasteiger charge is -2.30. The molecule has 2 saturated heterocycles. The lowest BCUT2D eigenvalue weighted by atomic mass is 9.97. The van der Waals surface area contributed by atoms with Crippen LogP contribution in [0, 0.1) is 0 Å². The summed E-state index contributed by atoms with van der Waals surface area (Å²) in [6, 6.07) is 20.3. The maximum atomic E-state index is 11.7. The largest absolute Gasteiger partial charge is 0.339 e. The Morgan fingerprint density at radius 3 is 2.24 bits per heavy atom. The first-order valence-corrected chi connectivity index (χ1v) is 8.94. The van der Waals surface area contributed by atoms with Crippen molar-refractivity contribution in [1.82, 2.24) is 5.32 Å². The van der Waals surface area contributed by atoms with Crippen molar-refractivity contribution in [2.75, 3.05) is 13.2 Å². The predicted octanol–water partition coefficient (Wildman–Crippen LogP) is 3.01. The smallest absolute Gasteiger partial charge is 0.222 e. The number of ketones is 1. The maximum Gasteiger partial charge on any atom is 0.222 e. The summed E-state index contributed by atoms with van der Waals surface area (Å²) in [7, 11) is 0. The fourth-order valence-electron chi connectivity index (χ4n) is 3.76. The number of benzene rings is 2. The van der Waals surface area contributed by atoms with Gasteiger partial charge < -0.3 is 14.8 Å². The molecule has 2 heterocycles. The molecular formula is C21H23NO3. The van der Waals surface area contributed by atoms with E-state index >= 15 is 0 Å². The number of Topliss-reactive ketones (excluding diaryl/α,β-unsaturated/α-hetero) is 1. The summed E-state index contributed by atoms with van der Waals surface area (Å²) in [5, 5.41) is 3.43. The van der Waals surface area contributed by atoms with Crippen molar-refractivity contribution in [3.63, 3.8) is 0 Å². The van der Waals surface area contributed by atoms with E-state index in [0.29, 0.717) is 25.2 Å². The Labute approximate surface area is 148 Å². The fourth-order valence-corrected chi connectivity index (χ4v) is 3.76. The lowest BCUT2D eigenvalue weighted by Crippen LogP contribution is -2.41. The van der Waals surface area contributed by atoms with Crippen molar-refractivity contribution in [3.05, 3.63) is 71.8 Å². The number of ether oxygens (including phenoxy) is 2. The minimum Gasteiger partial charge on any atom is -0.339 e.